The molecule has 1 aromatic rings. The zero-order valence-electron chi connectivity index (χ0n) is 10.5. The van der Waals surface area contributed by atoms with Gasteiger partial charge in [-0.2, -0.15) is 0 Å². The first-order valence-corrected chi connectivity index (χ1v) is 5.93. The second kappa shape index (κ2) is 6.40. The smallest absolute Gasteiger partial charge is 0.318 e. The van der Waals surface area contributed by atoms with E-state index in [-0.39, 0.29) is 10.8 Å². The first-order valence-electron chi connectivity index (χ1n) is 5.55. The van der Waals surface area contributed by atoms with Crippen LogP contribution in [0.5, 0.6) is 5.75 Å². The molecule has 0 bridgehead atoms. The highest BCUT2D eigenvalue weighted by molar-refractivity contribution is 6.32. The van der Waals surface area contributed by atoms with Crippen LogP contribution in [0.3, 0.4) is 0 Å². The summed E-state index contributed by atoms with van der Waals surface area (Å²) in [5.74, 6) is -0.388. The van der Waals surface area contributed by atoms with Gasteiger partial charge in [-0.05, 0) is 31.5 Å². The van der Waals surface area contributed by atoms with Crippen LogP contribution in [-0.4, -0.2) is 23.1 Å². The maximum atomic E-state index is 11.4. The van der Waals surface area contributed by atoms with Crippen LogP contribution < -0.4 is 15.8 Å². The van der Waals surface area contributed by atoms with Gasteiger partial charge in [-0.25, -0.2) is 4.79 Å². The summed E-state index contributed by atoms with van der Waals surface area (Å²) in [6.07, 6.45) is -1.58. The topological polar surface area (TPSA) is 102 Å². The van der Waals surface area contributed by atoms with Gasteiger partial charge in [0.15, 0.2) is 6.10 Å². The molecule has 6 nitrogen and oxygen atoms in total. The number of urea groups is 1. The third kappa shape index (κ3) is 4.42. The van der Waals surface area contributed by atoms with Crippen molar-refractivity contribution in [1.29, 1.82) is 0 Å². The predicted molar refractivity (Wildman–Crippen MR) is 69.9 cm³/mol. The SMILES string of the molecule is CC(Oc1ccc([C@@H](C)O)cc1Cl)C(=O)NC(N)=O. The number of benzene rings is 1. The maximum absolute atomic E-state index is 11.4. The lowest BCUT2D eigenvalue weighted by Gasteiger charge is -2.15. The highest BCUT2D eigenvalue weighted by Crippen LogP contribution is 2.28. The lowest BCUT2D eigenvalue weighted by molar-refractivity contribution is -0.126. The molecule has 0 radical (unpaired) electrons. The Balaban J connectivity index is 2.77. The minimum atomic E-state index is -0.948. The predicted octanol–water partition coefficient (Wildman–Crippen LogP) is 1.36. The van der Waals surface area contributed by atoms with E-state index in [2.05, 4.69) is 0 Å². The van der Waals surface area contributed by atoms with Crippen molar-refractivity contribution in [3.8, 4) is 5.75 Å². The van der Waals surface area contributed by atoms with Crippen molar-refractivity contribution in [2.75, 3.05) is 0 Å². The summed E-state index contributed by atoms with van der Waals surface area (Å²) in [4.78, 5) is 22.0. The number of hydrogen-bond acceptors (Lipinski definition) is 4. The molecule has 0 aliphatic carbocycles. The van der Waals surface area contributed by atoms with E-state index in [9.17, 15) is 14.7 Å². The molecule has 4 N–H and O–H groups in total. The van der Waals surface area contributed by atoms with Crippen LogP contribution >= 0.6 is 11.6 Å². The number of carbonyl (C=O) groups is 2. The van der Waals surface area contributed by atoms with E-state index < -0.39 is 24.1 Å². The third-order valence-corrected chi connectivity index (χ3v) is 2.65. The van der Waals surface area contributed by atoms with Gasteiger partial charge < -0.3 is 15.6 Å². The van der Waals surface area contributed by atoms with Crippen LogP contribution in [-0.2, 0) is 4.79 Å². The van der Waals surface area contributed by atoms with Crippen LogP contribution in [0.4, 0.5) is 4.79 Å². The van der Waals surface area contributed by atoms with E-state index in [0.29, 0.717) is 5.56 Å². The van der Waals surface area contributed by atoms with E-state index in [4.69, 9.17) is 22.1 Å². The molecule has 2 atom stereocenters. The normalized spacial score (nSPS) is 13.5. The zero-order chi connectivity index (χ0) is 14.6. The van der Waals surface area contributed by atoms with Crippen LogP contribution in [0.15, 0.2) is 18.2 Å². The molecular formula is C12H15ClN2O4. The fourth-order valence-electron chi connectivity index (χ4n) is 1.34. The van der Waals surface area contributed by atoms with Gasteiger partial charge in [0.05, 0.1) is 11.1 Å². The number of primary amides is 1. The number of amides is 3. The fraction of sp³-hybridized carbons (Fsp3) is 0.333. The van der Waals surface area contributed by atoms with Gasteiger partial charge >= 0.3 is 6.03 Å². The Morgan fingerprint density at radius 3 is 2.53 bits per heavy atom. The van der Waals surface area contributed by atoms with Crippen molar-refractivity contribution in [3.63, 3.8) is 0 Å². The van der Waals surface area contributed by atoms with Gasteiger partial charge in [-0.1, -0.05) is 17.7 Å². The minimum Gasteiger partial charge on any atom is -0.479 e. The molecule has 1 aromatic carbocycles. The van der Waals surface area contributed by atoms with Crippen LogP contribution in [0.25, 0.3) is 0 Å². The summed E-state index contributed by atoms with van der Waals surface area (Å²) in [7, 11) is 0. The number of aliphatic hydroxyl groups excluding tert-OH is 1. The molecule has 3 amide bonds. The van der Waals surface area contributed by atoms with Crippen molar-refractivity contribution in [2.45, 2.75) is 26.1 Å². The van der Waals surface area contributed by atoms with Gasteiger partial charge in [-0.15, -0.1) is 0 Å². The molecule has 0 spiro atoms. The average Bonchev–Trinajstić information content (AvgIpc) is 2.30. The Morgan fingerprint density at radius 2 is 2.05 bits per heavy atom. The van der Waals surface area contributed by atoms with Crippen LogP contribution in [0, 0.1) is 0 Å². The summed E-state index contributed by atoms with van der Waals surface area (Å²) in [6, 6.07) is 3.76. The standard InChI is InChI=1S/C12H15ClN2O4/c1-6(16)8-3-4-10(9(13)5-8)19-7(2)11(17)15-12(14)18/h3-7,16H,1-2H3,(H3,14,15,17,18)/t6-,7?/m1/s1. The van der Waals surface area contributed by atoms with Crippen molar-refractivity contribution >= 4 is 23.5 Å². The molecule has 0 fully saturated rings. The number of ether oxygens (including phenoxy) is 1. The van der Waals surface area contributed by atoms with Crippen molar-refractivity contribution < 1.29 is 19.4 Å². The van der Waals surface area contributed by atoms with Crippen LogP contribution in [0.1, 0.15) is 25.5 Å². The molecule has 0 heterocycles. The molecule has 0 aliphatic heterocycles. The zero-order valence-corrected chi connectivity index (χ0v) is 11.3. The largest absolute Gasteiger partial charge is 0.479 e. The van der Waals surface area contributed by atoms with E-state index >= 15 is 0 Å². The highest BCUT2D eigenvalue weighted by Gasteiger charge is 2.17. The van der Waals surface area contributed by atoms with Gasteiger partial charge in [0.2, 0.25) is 0 Å². The molecule has 0 saturated carbocycles. The van der Waals surface area contributed by atoms with Gasteiger partial charge in [0.1, 0.15) is 5.75 Å². The Kier molecular flexibility index (Phi) is 5.14. The molecule has 0 aliphatic rings. The number of hydrogen-bond donors (Lipinski definition) is 3. The fourth-order valence-corrected chi connectivity index (χ4v) is 1.57. The van der Waals surface area contributed by atoms with Gasteiger partial charge in [0, 0.05) is 0 Å². The number of nitrogens with one attached hydrogen (secondary N) is 1. The first kappa shape index (κ1) is 15.3. The number of halogens is 1. The van der Waals surface area contributed by atoms with E-state index in [1.807, 2.05) is 5.32 Å². The molecule has 104 valence electrons. The lowest BCUT2D eigenvalue weighted by Crippen LogP contribution is -2.42. The van der Waals surface area contributed by atoms with Crippen molar-refractivity contribution in [2.24, 2.45) is 5.73 Å². The third-order valence-electron chi connectivity index (χ3n) is 2.36. The Morgan fingerprint density at radius 1 is 1.42 bits per heavy atom. The number of nitrogens with two attached hydrogens (primary N) is 1. The summed E-state index contributed by atoms with van der Waals surface area (Å²) in [6.45, 7) is 3.06. The van der Waals surface area contributed by atoms with E-state index in [0.717, 1.165) is 0 Å². The van der Waals surface area contributed by atoms with Crippen LogP contribution in [0.2, 0.25) is 5.02 Å². The number of carbonyl (C=O) groups excluding carboxylic acids is 2. The number of rotatable bonds is 4. The van der Waals surface area contributed by atoms with Gasteiger partial charge in [0.25, 0.3) is 5.91 Å². The highest BCUT2D eigenvalue weighted by atomic mass is 35.5. The second-order valence-electron chi connectivity index (χ2n) is 3.98. The minimum absolute atomic E-state index is 0.261. The molecule has 0 aromatic heterocycles. The van der Waals surface area contributed by atoms with Crippen molar-refractivity contribution in [3.05, 3.63) is 28.8 Å². The number of aliphatic hydroxyl groups is 1. The molecular weight excluding hydrogens is 272 g/mol. The number of imide groups is 1. The van der Waals surface area contributed by atoms with E-state index in [1.54, 1.807) is 25.1 Å². The summed E-state index contributed by atoms with van der Waals surface area (Å²) in [5, 5.41) is 11.6. The molecule has 19 heavy (non-hydrogen) atoms. The van der Waals surface area contributed by atoms with Gasteiger partial charge in [-0.3, -0.25) is 10.1 Å². The molecule has 0 saturated heterocycles. The molecule has 1 rings (SSSR count). The van der Waals surface area contributed by atoms with Crippen molar-refractivity contribution in [1.82, 2.24) is 5.32 Å². The quantitative estimate of drug-likeness (QED) is 0.777. The molecule has 7 heteroatoms. The Bertz CT molecular complexity index is 491. The average molecular weight is 287 g/mol. The monoisotopic (exact) mass is 286 g/mol. The summed E-state index contributed by atoms with van der Waals surface area (Å²) >= 11 is 5.97. The Hall–Kier alpha value is -1.79. The first-order chi connectivity index (χ1) is 8.81. The lowest BCUT2D eigenvalue weighted by atomic mass is 10.1. The Labute approximate surface area is 115 Å². The second-order valence-corrected chi connectivity index (χ2v) is 4.39. The summed E-state index contributed by atoms with van der Waals surface area (Å²) < 4.78 is 5.31. The van der Waals surface area contributed by atoms with E-state index in [1.165, 1.54) is 6.92 Å². The molecule has 1 unspecified atom stereocenters. The summed E-state index contributed by atoms with van der Waals surface area (Å²) in [5.41, 5.74) is 5.46. The maximum Gasteiger partial charge on any atom is 0.318 e.